The lowest BCUT2D eigenvalue weighted by atomic mass is 9.86. The largest absolute Gasteiger partial charge is 0.390 e. The van der Waals surface area contributed by atoms with Crippen molar-refractivity contribution in [2.75, 3.05) is 0 Å². The van der Waals surface area contributed by atoms with E-state index in [0.717, 1.165) is 24.8 Å². The molecule has 1 rings (SSSR count). The lowest BCUT2D eigenvalue weighted by Gasteiger charge is -2.27. The molecule has 1 fully saturated rings. The van der Waals surface area contributed by atoms with Crippen LogP contribution in [0.15, 0.2) is 0 Å². The lowest BCUT2D eigenvalue weighted by Crippen LogP contribution is -2.94. The summed E-state index contributed by atoms with van der Waals surface area (Å²) in [4.78, 5) is 0. The summed E-state index contributed by atoms with van der Waals surface area (Å²) in [6, 6.07) is 1.57. The van der Waals surface area contributed by atoms with E-state index in [2.05, 4.69) is 19.2 Å². The van der Waals surface area contributed by atoms with E-state index in [4.69, 9.17) is 0 Å². The molecule has 0 aromatic heterocycles. The molecule has 1 aliphatic carbocycles. The predicted molar refractivity (Wildman–Crippen MR) is 73.0 cm³/mol. The normalized spacial score (nSPS) is 28.1. The van der Waals surface area contributed by atoms with Gasteiger partial charge < -0.3 is 10.4 Å². The van der Waals surface area contributed by atoms with Gasteiger partial charge in [-0.25, -0.2) is 0 Å². The van der Waals surface area contributed by atoms with Gasteiger partial charge >= 0.3 is 0 Å². The smallest absolute Gasteiger partial charge is 0.0863 e. The molecule has 17 heavy (non-hydrogen) atoms. The van der Waals surface area contributed by atoms with Crippen molar-refractivity contribution in [3.8, 4) is 0 Å². The van der Waals surface area contributed by atoms with E-state index in [-0.39, 0.29) is 0 Å². The lowest BCUT2D eigenvalue weighted by molar-refractivity contribution is -0.722. The minimum atomic E-state index is -0.487. The molecule has 0 aromatic rings. The Morgan fingerprint density at radius 2 is 2.06 bits per heavy atom. The van der Waals surface area contributed by atoms with Gasteiger partial charge in [0, 0.05) is 6.42 Å². The second kappa shape index (κ2) is 6.75. The number of hydrogen-bond donors (Lipinski definition) is 2. The van der Waals surface area contributed by atoms with Crippen molar-refractivity contribution in [2.24, 2.45) is 5.92 Å². The summed E-state index contributed by atoms with van der Waals surface area (Å²) in [7, 11) is 0. The molecule has 0 radical (unpaired) electrons. The molecule has 102 valence electrons. The van der Waals surface area contributed by atoms with Gasteiger partial charge in [0.1, 0.15) is 0 Å². The van der Waals surface area contributed by atoms with Gasteiger partial charge in [-0.3, -0.25) is 0 Å². The Labute approximate surface area is 107 Å². The van der Waals surface area contributed by atoms with E-state index in [1.807, 2.05) is 13.8 Å². The Bertz CT molecular complexity index is 209. The monoisotopic (exact) mass is 242 g/mol. The highest BCUT2D eigenvalue weighted by Crippen LogP contribution is 2.21. The summed E-state index contributed by atoms with van der Waals surface area (Å²) in [5, 5.41) is 12.3. The predicted octanol–water partition coefficient (Wildman–Crippen LogP) is 2.46. The molecule has 1 saturated carbocycles. The van der Waals surface area contributed by atoms with Crippen LogP contribution in [0.4, 0.5) is 0 Å². The van der Waals surface area contributed by atoms with Crippen LogP contribution in [0.1, 0.15) is 72.6 Å². The minimum absolute atomic E-state index is 0.487. The van der Waals surface area contributed by atoms with E-state index in [1.165, 1.54) is 32.1 Å². The fourth-order valence-corrected chi connectivity index (χ4v) is 3.07. The number of rotatable bonds is 6. The molecule has 0 aromatic carbocycles. The highest BCUT2D eigenvalue weighted by atomic mass is 16.3. The number of quaternary nitrogens is 1. The topological polar surface area (TPSA) is 36.8 Å². The van der Waals surface area contributed by atoms with Crippen LogP contribution in [0.5, 0.6) is 0 Å². The van der Waals surface area contributed by atoms with Crippen LogP contribution in [-0.2, 0) is 0 Å². The maximum Gasteiger partial charge on any atom is 0.0863 e. The molecule has 0 bridgehead atoms. The Hall–Kier alpha value is -0.0800. The van der Waals surface area contributed by atoms with Crippen molar-refractivity contribution in [1.29, 1.82) is 0 Å². The molecule has 0 heterocycles. The van der Waals surface area contributed by atoms with Gasteiger partial charge in [0.25, 0.3) is 0 Å². The van der Waals surface area contributed by atoms with Gasteiger partial charge in [0.2, 0.25) is 0 Å². The van der Waals surface area contributed by atoms with Crippen LogP contribution in [0.3, 0.4) is 0 Å². The van der Waals surface area contributed by atoms with E-state index in [9.17, 15) is 5.11 Å². The zero-order valence-electron chi connectivity index (χ0n) is 12.2. The zero-order chi connectivity index (χ0) is 12.9. The number of nitrogens with two attached hydrogens (primary N) is 1. The number of aliphatic hydroxyl groups is 1. The van der Waals surface area contributed by atoms with Crippen molar-refractivity contribution in [3.05, 3.63) is 0 Å². The summed E-state index contributed by atoms with van der Waals surface area (Å²) in [5.74, 6) is 0.925. The Morgan fingerprint density at radius 1 is 1.35 bits per heavy atom. The summed E-state index contributed by atoms with van der Waals surface area (Å²) in [5.41, 5.74) is -0.487. The van der Waals surface area contributed by atoms with Gasteiger partial charge in [-0.1, -0.05) is 13.3 Å². The molecule has 3 N–H and O–H groups in total. The fraction of sp³-hybridized carbons (Fsp3) is 1.00. The van der Waals surface area contributed by atoms with E-state index in [0.29, 0.717) is 6.04 Å². The van der Waals surface area contributed by atoms with Crippen molar-refractivity contribution in [1.82, 2.24) is 0 Å². The quantitative estimate of drug-likeness (QED) is 0.737. The molecular formula is C15H32NO+. The van der Waals surface area contributed by atoms with Crippen LogP contribution in [0.2, 0.25) is 0 Å². The van der Waals surface area contributed by atoms with Crippen LogP contribution in [0, 0.1) is 5.92 Å². The Kier molecular flexibility index (Phi) is 5.94. The fourth-order valence-electron chi connectivity index (χ4n) is 3.07. The van der Waals surface area contributed by atoms with E-state index in [1.54, 1.807) is 0 Å². The standard InChI is InChI=1S/C15H31NO/c1-12-7-5-9-14(11-12)16-13(2)8-6-10-15(3,4)17/h12-14,16-17H,5-11H2,1-4H3/p+1/t12-,13-,14+/m0/s1. The highest BCUT2D eigenvalue weighted by molar-refractivity contribution is 4.69. The van der Waals surface area contributed by atoms with E-state index >= 15 is 0 Å². The first kappa shape index (κ1) is 15.0. The van der Waals surface area contributed by atoms with Crippen molar-refractivity contribution in [3.63, 3.8) is 0 Å². The van der Waals surface area contributed by atoms with Gasteiger partial charge in [0.05, 0.1) is 17.7 Å². The van der Waals surface area contributed by atoms with Gasteiger partial charge in [-0.15, -0.1) is 0 Å². The first-order valence-electron chi connectivity index (χ1n) is 7.44. The first-order chi connectivity index (χ1) is 7.87. The maximum atomic E-state index is 9.68. The first-order valence-corrected chi connectivity index (χ1v) is 7.44. The SMILES string of the molecule is C[C@H]1CCC[C@@H]([NH2+][C@@H](C)CCCC(C)(C)O)C1. The van der Waals surface area contributed by atoms with Gasteiger partial charge in [-0.2, -0.15) is 0 Å². The minimum Gasteiger partial charge on any atom is -0.390 e. The molecular weight excluding hydrogens is 210 g/mol. The van der Waals surface area contributed by atoms with Crippen LogP contribution in [0.25, 0.3) is 0 Å². The molecule has 0 amide bonds. The average molecular weight is 242 g/mol. The maximum absolute atomic E-state index is 9.68. The molecule has 2 nitrogen and oxygen atoms in total. The summed E-state index contributed by atoms with van der Waals surface area (Å²) in [6.45, 7) is 8.54. The molecule has 0 unspecified atom stereocenters. The average Bonchev–Trinajstić information content (AvgIpc) is 2.15. The molecule has 2 heteroatoms. The third kappa shape index (κ3) is 7.05. The summed E-state index contributed by atoms with van der Waals surface area (Å²) >= 11 is 0. The van der Waals surface area contributed by atoms with Crippen LogP contribution >= 0.6 is 0 Å². The molecule has 0 spiro atoms. The molecule has 3 atom stereocenters. The van der Waals surface area contributed by atoms with Gasteiger partial charge in [-0.05, 0) is 58.8 Å². The van der Waals surface area contributed by atoms with Crippen LogP contribution < -0.4 is 5.32 Å². The third-order valence-electron chi connectivity index (χ3n) is 4.03. The van der Waals surface area contributed by atoms with Crippen molar-refractivity contribution < 1.29 is 10.4 Å². The zero-order valence-corrected chi connectivity index (χ0v) is 12.2. The molecule has 0 saturated heterocycles. The Balaban J connectivity index is 2.13. The summed E-state index contributed by atoms with van der Waals surface area (Å²) < 4.78 is 0. The number of hydrogen-bond acceptors (Lipinski definition) is 1. The van der Waals surface area contributed by atoms with Crippen LogP contribution in [-0.4, -0.2) is 22.8 Å². The van der Waals surface area contributed by atoms with Gasteiger partial charge in [0.15, 0.2) is 0 Å². The second-order valence-electron chi connectivity index (χ2n) is 6.91. The van der Waals surface area contributed by atoms with Crippen molar-refractivity contribution in [2.45, 2.75) is 90.3 Å². The van der Waals surface area contributed by atoms with E-state index < -0.39 is 5.60 Å². The summed E-state index contributed by atoms with van der Waals surface area (Å²) in [6.07, 6.45) is 8.94. The van der Waals surface area contributed by atoms with Crippen molar-refractivity contribution >= 4 is 0 Å². The molecule has 1 aliphatic rings. The second-order valence-corrected chi connectivity index (χ2v) is 6.91. The third-order valence-corrected chi connectivity index (χ3v) is 4.03. The Morgan fingerprint density at radius 3 is 2.65 bits per heavy atom. The molecule has 0 aliphatic heterocycles. The highest BCUT2D eigenvalue weighted by Gasteiger charge is 2.23.